The lowest BCUT2D eigenvalue weighted by molar-refractivity contribution is -0.143. The molecule has 0 unspecified atom stereocenters. The van der Waals surface area contributed by atoms with Crippen LogP contribution in [0.4, 0.5) is 5.69 Å². The number of anilines is 1. The summed E-state index contributed by atoms with van der Waals surface area (Å²) < 4.78 is 7.38. The van der Waals surface area contributed by atoms with E-state index < -0.39 is 0 Å². The van der Waals surface area contributed by atoms with Crippen LogP contribution in [0.15, 0.2) is 24.3 Å². The third-order valence-corrected chi connectivity index (χ3v) is 5.19. The van der Waals surface area contributed by atoms with Gasteiger partial charge in [0.2, 0.25) is 0 Å². The SMILES string of the molecule is CCOC(=O)Cn1c(C)c(Cc2ccc(NC)cc2)c2c1CCCC2. The van der Waals surface area contributed by atoms with Crippen molar-refractivity contribution in [1.29, 1.82) is 0 Å². The number of carbonyl (C=O) groups excluding carboxylic acids is 1. The number of esters is 1. The number of benzene rings is 1. The van der Waals surface area contributed by atoms with Crippen molar-refractivity contribution in [3.8, 4) is 0 Å². The lowest BCUT2D eigenvalue weighted by Gasteiger charge is -2.16. The summed E-state index contributed by atoms with van der Waals surface area (Å²) in [5.74, 6) is -0.140. The van der Waals surface area contributed by atoms with E-state index in [1.165, 1.54) is 40.9 Å². The third-order valence-electron chi connectivity index (χ3n) is 5.19. The van der Waals surface area contributed by atoms with Crippen molar-refractivity contribution < 1.29 is 9.53 Å². The first-order valence-electron chi connectivity index (χ1n) is 9.26. The third kappa shape index (κ3) is 3.73. The Bertz CT molecular complexity index is 744. The quantitative estimate of drug-likeness (QED) is 0.812. The summed E-state index contributed by atoms with van der Waals surface area (Å²) in [6.45, 7) is 4.78. The molecule has 1 heterocycles. The van der Waals surface area contributed by atoms with Gasteiger partial charge in [-0.25, -0.2) is 0 Å². The first kappa shape index (κ1) is 17.6. The van der Waals surface area contributed by atoms with Crippen LogP contribution in [-0.4, -0.2) is 24.2 Å². The van der Waals surface area contributed by atoms with Gasteiger partial charge < -0.3 is 14.6 Å². The number of fused-ring (bicyclic) bond motifs is 1. The number of hydrogen-bond donors (Lipinski definition) is 1. The lowest BCUT2D eigenvalue weighted by Crippen LogP contribution is -2.17. The first-order valence-corrected chi connectivity index (χ1v) is 9.26. The van der Waals surface area contributed by atoms with E-state index >= 15 is 0 Å². The molecule has 134 valence electrons. The maximum absolute atomic E-state index is 12.0. The van der Waals surface area contributed by atoms with Gasteiger partial charge in [0.05, 0.1) is 6.61 Å². The van der Waals surface area contributed by atoms with Gasteiger partial charge in [0.25, 0.3) is 0 Å². The molecule has 25 heavy (non-hydrogen) atoms. The second-order valence-corrected chi connectivity index (χ2v) is 6.71. The molecule has 1 N–H and O–H groups in total. The number of ether oxygens (including phenoxy) is 1. The highest BCUT2D eigenvalue weighted by atomic mass is 16.5. The second-order valence-electron chi connectivity index (χ2n) is 6.71. The smallest absolute Gasteiger partial charge is 0.325 e. The molecule has 2 aromatic rings. The Labute approximate surface area is 150 Å². The zero-order valence-corrected chi connectivity index (χ0v) is 15.5. The highest BCUT2D eigenvalue weighted by molar-refractivity contribution is 5.69. The van der Waals surface area contributed by atoms with Crippen LogP contribution in [-0.2, 0) is 35.3 Å². The van der Waals surface area contributed by atoms with E-state index in [1.807, 2.05) is 14.0 Å². The molecule has 0 bridgehead atoms. The van der Waals surface area contributed by atoms with Crippen LogP contribution < -0.4 is 5.32 Å². The van der Waals surface area contributed by atoms with Crippen molar-refractivity contribution in [1.82, 2.24) is 4.57 Å². The maximum Gasteiger partial charge on any atom is 0.325 e. The standard InChI is InChI=1S/C21H28N2O2/c1-4-25-21(24)14-23-15(2)19(18-7-5-6-8-20(18)23)13-16-9-11-17(22-3)12-10-16/h9-12,22H,4-8,13-14H2,1-3H3. The fourth-order valence-corrected chi connectivity index (χ4v) is 3.87. The Kier molecular flexibility index (Phi) is 5.47. The Morgan fingerprint density at radius 3 is 2.60 bits per heavy atom. The molecule has 1 aliphatic carbocycles. The summed E-state index contributed by atoms with van der Waals surface area (Å²) in [7, 11) is 1.94. The minimum absolute atomic E-state index is 0.140. The van der Waals surface area contributed by atoms with E-state index in [9.17, 15) is 4.79 Å². The molecule has 0 atom stereocenters. The summed E-state index contributed by atoms with van der Waals surface area (Å²) >= 11 is 0. The van der Waals surface area contributed by atoms with E-state index in [2.05, 4.69) is 41.1 Å². The van der Waals surface area contributed by atoms with E-state index in [0.717, 1.165) is 24.9 Å². The molecule has 0 spiro atoms. The number of rotatable bonds is 6. The van der Waals surface area contributed by atoms with Crippen LogP contribution in [0.2, 0.25) is 0 Å². The van der Waals surface area contributed by atoms with E-state index in [1.54, 1.807) is 0 Å². The zero-order chi connectivity index (χ0) is 17.8. The second kappa shape index (κ2) is 7.77. The Morgan fingerprint density at radius 2 is 1.92 bits per heavy atom. The molecule has 4 heteroatoms. The molecule has 0 amide bonds. The van der Waals surface area contributed by atoms with Crippen molar-refractivity contribution in [2.45, 2.75) is 52.5 Å². The molecule has 0 radical (unpaired) electrons. The Hall–Kier alpha value is -2.23. The molecule has 0 aliphatic heterocycles. The largest absolute Gasteiger partial charge is 0.465 e. The molecule has 0 saturated heterocycles. The predicted octanol–water partition coefficient (Wildman–Crippen LogP) is 3.87. The summed E-state index contributed by atoms with van der Waals surface area (Å²) in [6, 6.07) is 8.60. The predicted molar refractivity (Wildman–Crippen MR) is 101 cm³/mol. The van der Waals surface area contributed by atoms with Crippen LogP contribution in [0.1, 0.15) is 47.8 Å². The van der Waals surface area contributed by atoms with Crippen molar-refractivity contribution >= 4 is 11.7 Å². The fourth-order valence-electron chi connectivity index (χ4n) is 3.87. The van der Waals surface area contributed by atoms with Gasteiger partial charge in [0.1, 0.15) is 6.54 Å². The van der Waals surface area contributed by atoms with E-state index in [0.29, 0.717) is 13.2 Å². The van der Waals surface area contributed by atoms with Gasteiger partial charge in [-0.2, -0.15) is 0 Å². The molecule has 3 rings (SSSR count). The van der Waals surface area contributed by atoms with Gasteiger partial charge in [-0.15, -0.1) is 0 Å². The van der Waals surface area contributed by atoms with Crippen LogP contribution >= 0.6 is 0 Å². The lowest BCUT2D eigenvalue weighted by atomic mass is 9.91. The zero-order valence-electron chi connectivity index (χ0n) is 15.5. The summed E-state index contributed by atoms with van der Waals surface area (Å²) in [4.78, 5) is 12.0. The van der Waals surface area contributed by atoms with Gasteiger partial charge in [0.15, 0.2) is 0 Å². The number of nitrogens with one attached hydrogen (secondary N) is 1. The van der Waals surface area contributed by atoms with E-state index in [4.69, 9.17) is 4.74 Å². The Balaban J connectivity index is 1.92. The Morgan fingerprint density at radius 1 is 1.20 bits per heavy atom. The van der Waals surface area contributed by atoms with Crippen molar-refractivity contribution in [2.75, 3.05) is 19.0 Å². The van der Waals surface area contributed by atoms with Crippen LogP contribution in [0.3, 0.4) is 0 Å². The monoisotopic (exact) mass is 340 g/mol. The fraction of sp³-hybridized carbons (Fsp3) is 0.476. The van der Waals surface area contributed by atoms with E-state index in [-0.39, 0.29) is 5.97 Å². The van der Waals surface area contributed by atoms with Gasteiger partial charge in [-0.05, 0) is 74.8 Å². The average molecular weight is 340 g/mol. The minimum Gasteiger partial charge on any atom is -0.465 e. The van der Waals surface area contributed by atoms with Crippen LogP contribution in [0.5, 0.6) is 0 Å². The minimum atomic E-state index is -0.140. The topological polar surface area (TPSA) is 43.3 Å². The number of hydrogen-bond acceptors (Lipinski definition) is 3. The van der Waals surface area contributed by atoms with Crippen molar-refractivity contribution in [3.05, 3.63) is 52.3 Å². The molecule has 4 nitrogen and oxygen atoms in total. The number of carbonyl (C=O) groups is 1. The maximum atomic E-state index is 12.0. The van der Waals surface area contributed by atoms with Crippen molar-refractivity contribution in [2.24, 2.45) is 0 Å². The molecule has 0 saturated carbocycles. The van der Waals surface area contributed by atoms with Gasteiger partial charge in [0, 0.05) is 24.1 Å². The van der Waals surface area contributed by atoms with Crippen LogP contribution in [0.25, 0.3) is 0 Å². The molecule has 1 aromatic carbocycles. The number of aromatic nitrogens is 1. The molecular formula is C21H28N2O2. The van der Waals surface area contributed by atoms with Gasteiger partial charge in [-0.1, -0.05) is 12.1 Å². The first-order chi connectivity index (χ1) is 12.1. The van der Waals surface area contributed by atoms with Crippen LogP contribution in [0, 0.1) is 6.92 Å². The summed E-state index contributed by atoms with van der Waals surface area (Å²) in [5, 5.41) is 3.16. The molecular weight excluding hydrogens is 312 g/mol. The number of nitrogens with zero attached hydrogens (tertiary/aromatic N) is 1. The average Bonchev–Trinajstić information content (AvgIpc) is 2.88. The van der Waals surface area contributed by atoms with Crippen molar-refractivity contribution in [3.63, 3.8) is 0 Å². The summed E-state index contributed by atoms with van der Waals surface area (Å²) in [5.41, 5.74) is 7.87. The normalized spacial score (nSPS) is 13.4. The highest BCUT2D eigenvalue weighted by Gasteiger charge is 2.23. The highest BCUT2D eigenvalue weighted by Crippen LogP contribution is 2.31. The summed E-state index contributed by atoms with van der Waals surface area (Å²) in [6.07, 6.45) is 5.55. The molecule has 1 aliphatic rings. The molecule has 1 aromatic heterocycles. The van der Waals surface area contributed by atoms with Gasteiger partial charge in [-0.3, -0.25) is 4.79 Å². The molecule has 0 fully saturated rings. The van der Waals surface area contributed by atoms with Gasteiger partial charge >= 0.3 is 5.97 Å².